The van der Waals surface area contributed by atoms with Crippen LogP contribution in [0.2, 0.25) is 0 Å². The summed E-state index contributed by atoms with van der Waals surface area (Å²) in [5.74, 6) is 0. The third-order valence-corrected chi connectivity index (χ3v) is 4.08. The highest BCUT2D eigenvalue weighted by Crippen LogP contribution is 2.27. The minimum absolute atomic E-state index is 0.555. The normalized spacial score (nSPS) is 22.6. The number of nitrogens with zero attached hydrogens (tertiary/aromatic N) is 2. The fourth-order valence-corrected chi connectivity index (χ4v) is 2.84. The Balaban J connectivity index is 2.21. The Morgan fingerprint density at radius 1 is 1.17 bits per heavy atom. The Hall–Kier alpha value is -0.860. The number of likely N-dealkylation sites (N-methyl/N-ethyl adjacent to an activating group) is 1. The van der Waals surface area contributed by atoms with E-state index in [0.29, 0.717) is 12.1 Å². The standard InChI is InChI=1S/C16H26N2/c1-5-17-10-11-18(13(2)3)16(12-17)15-8-6-14(4)7-9-15/h6-9,13,16H,5,10-12H2,1-4H3. The molecule has 100 valence electrons. The molecule has 0 saturated carbocycles. The van der Waals surface area contributed by atoms with E-state index in [2.05, 4.69) is 61.8 Å². The van der Waals surface area contributed by atoms with Crippen LogP contribution in [0.3, 0.4) is 0 Å². The summed E-state index contributed by atoms with van der Waals surface area (Å²) in [7, 11) is 0. The minimum atomic E-state index is 0.555. The lowest BCUT2D eigenvalue weighted by molar-refractivity contribution is 0.0534. The third-order valence-electron chi connectivity index (χ3n) is 4.08. The van der Waals surface area contributed by atoms with Gasteiger partial charge >= 0.3 is 0 Å². The van der Waals surface area contributed by atoms with Crippen LogP contribution in [0, 0.1) is 6.92 Å². The van der Waals surface area contributed by atoms with Gasteiger partial charge in [0.1, 0.15) is 0 Å². The number of piperazine rings is 1. The van der Waals surface area contributed by atoms with Crippen LogP contribution in [0.5, 0.6) is 0 Å². The first-order valence-electron chi connectivity index (χ1n) is 7.16. The molecular formula is C16H26N2. The van der Waals surface area contributed by atoms with E-state index in [1.807, 2.05) is 0 Å². The number of aryl methyl sites for hydroxylation is 1. The summed E-state index contributed by atoms with van der Waals surface area (Å²) in [4.78, 5) is 5.19. The lowest BCUT2D eigenvalue weighted by Gasteiger charge is -2.43. The van der Waals surface area contributed by atoms with Crippen molar-refractivity contribution >= 4 is 0 Å². The Bertz CT molecular complexity index is 369. The quantitative estimate of drug-likeness (QED) is 0.808. The van der Waals surface area contributed by atoms with Gasteiger partial charge in [-0.3, -0.25) is 4.90 Å². The molecule has 1 aromatic carbocycles. The predicted molar refractivity (Wildman–Crippen MR) is 77.9 cm³/mol. The first-order valence-corrected chi connectivity index (χ1v) is 7.16. The zero-order valence-corrected chi connectivity index (χ0v) is 12.2. The number of benzene rings is 1. The van der Waals surface area contributed by atoms with Crippen LogP contribution in [0.1, 0.15) is 37.9 Å². The molecule has 0 N–H and O–H groups in total. The first kappa shape index (κ1) is 13.6. The molecule has 18 heavy (non-hydrogen) atoms. The van der Waals surface area contributed by atoms with Gasteiger partial charge in [-0.05, 0) is 32.9 Å². The highest BCUT2D eigenvalue weighted by Gasteiger charge is 2.28. The zero-order chi connectivity index (χ0) is 13.1. The van der Waals surface area contributed by atoms with Gasteiger partial charge in [-0.1, -0.05) is 36.8 Å². The molecule has 0 radical (unpaired) electrons. The topological polar surface area (TPSA) is 6.48 Å². The predicted octanol–water partition coefficient (Wildman–Crippen LogP) is 3.08. The molecule has 2 nitrogen and oxygen atoms in total. The van der Waals surface area contributed by atoms with Crippen LogP contribution < -0.4 is 0 Å². The molecular weight excluding hydrogens is 220 g/mol. The average molecular weight is 246 g/mol. The van der Waals surface area contributed by atoms with Crippen molar-refractivity contribution in [2.45, 2.75) is 39.8 Å². The largest absolute Gasteiger partial charge is 0.300 e. The maximum absolute atomic E-state index is 2.64. The van der Waals surface area contributed by atoms with Crippen molar-refractivity contribution in [3.63, 3.8) is 0 Å². The van der Waals surface area contributed by atoms with Gasteiger partial charge in [-0.15, -0.1) is 0 Å². The van der Waals surface area contributed by atoms with Gasteiger partial charge in [0, 0.05) is 31.7 Å². The van der Waals surface area contributed by atoms with Crippen molar-refractivity contribution in [3.05, 3.63) is 35.4 Å². The molecule has 0 aliphatic carbocycles. The van der Waals surface area contributed by atoms with Crippen LogP contribution in [0.15, 0.2) is 24.3 Å². The second-order valence-electron chi connectivity index (χ2n) is 5.65. The molecule has 0 amide bonds. The van der Waals surface area contributed by atoms with Crippen molar-refractivity contribution in [2.24, 2.45) is 0 Å². The van der Waals surface area contributed by atoms with E-state index in [1.54, 1.807) is 0 Å². The molecule has 2 heteroatoms. The monoisotopic (exact) mass is 246 g/mol. The molecule has 1 atom stereocenters. The van der Waals surface area contributed by atoms with E-state index in [0.717, 1.165) is 13.1 Å². The summed E-state index contributed by atoms with van der Waals surface area (Å²) in [6, 6.07) is 10.2. The molecule has 1 fully saturated rings. The fraction of sp³-hybridized carbons (Fsp3) is 0.625. The summed E-state index contributed by atoms with van der Waals surface area (Å²) >= 11 is 0. The van der Waals surface area contributed by atoms with Gasteiger partial charge in [-0.25, -0.2) is 0 Å². The molecule has 0 spiro atoms. The highest BCUT2D eigenvalue weighted by molar-refractivity contribution is 5.25. The minimum Gasteiger partial charge on any atom is -0.300 e. The van der Waals surface area contributed by atoms with Gasteiger partial charge in [-0.2, -0.15) is 0 Å². The van der Waals surface area contributed by atoms with Gasteiger partial charge in [0.2, 0.25) is 0 Å². The van der Waals surface area contributed by atoms with Gasteiger partial charge in [0.25, 0.3) is 0 Å². The van der Waals surface area contributed by atoms with Crippen LogP contribution in [0.25, 0.3) is 0 Å². The molecule has 1 aromatic rings. The van der Waals surface area contributed by atoms with Crippen molar-refractivity contribution in [2.75, 3.05) is 26.2 Å². The summed E-state index contributed by atoms with van der Waals surface area (Å²) in [5, 5.41) is 0. The maximum Gasteiger partial charge on any atom is 0.0478 e. The number of rotatable bonds is 3. The van der Waals surface area contributed by atoms with Gasteiger partial charge in [0.05, 0.1) is 0 Å². The Kier molecular flexibility index (Phi) is 4.41. The van der Waals surface area contributed by atoms with E-state index >= 15 is 0 Å². The number of hydrogen-bond donors (Lipinski definition) is 0. The SMILES string of the molecule is CCN1CCN(C(C)C)C(c2ccc(C)cc2)C1. The van der Waals surface area contributed by atoms with Gasteiger partial charge in [0.15, 0.2) is 0 Å². The van der Waals surface area contributed by atoms with Crippen molar-refractivity contribution < 1.29 is 0 Å². The maximum atomic E-state index is 2.64. The fourth-order valence-electron chi connectivity index (χ4n) is 2.84. The van der Waals surface area contributed by atoms with E-state index < -0.39 is 0 Å². The second-order valence-corrected chi connectivity index (χ2v) is 5.65. The average Bonchev–Trinajstić information content (AvgIpc) is 2.38. The summed E-state index contributed by atoms with van der Waals surface area (Å²) in [6.07, 6.45) is 0. The number of hydrogen-bond acceptors (Lipinski definition) is 2. The van der Waals surface area contributed by atoms with Crippen molar-refractivity contribution in [3.8, 4) is 0 Å². The molecule has 1 heterocycles. The van der Waals surface area contributed by atoms with E-state index in [9.17, 15) is 0 Å². The van der Waals surface area contributed by atoms with Crippen LogP contribution in [-0.2, 0) is 0 Å². The molecule has 2 rings (SSSR count). The third kappa shape index (κ3) is 2.93. The van der Waals surface area contributed by atoms with E-state index in [-0.39, 0.29) is 0 Å². The molecule has 1 saturated heterocycles. The Morgan fingerprint density at radius 2 is 1.83 bits per heavy atom. The van der Waals surface area contributed by atoms with Crippen molar-refractivity contribution in [1.29, 1.82) is 0 Å². The van der Waals surface area contributed by atoms with Gasteiger partial charge < -0.3 is 4.90 Å². The molecule has 1 aliphatic rings. The summed E-state index contributed by atoms with van der Waals surface area (Å²) in [5.41, 5.74) is 2.81. The highest BCUT2D eigenvalue weighted by atomic mass is 15.3. The lowest BCUT2D eigenvalue weighted by atomic mass is 9.99. The first-order chi connectivity index (χ1) is 8.61. The Labute approximate surface area is 112 Å². The smallest absolute Gasteiger partial charge is 0.0478 e. The summed E-state index contributed by atoms with van der Waals surface area (Å²) in [6.45, 7) is 13.7. The van der Waals surface area contributed by atoms with E-state index in [1.165, 1.54) is 24.2 Å². The van der Waals surface area contributed by atoms with Crippen LogP contribution in [0.4, 0.5) is 0 Å². The second kappa shape index (κ2) is 5.85. The Morgan fingerprint density at radius 3 is 2.39 bits per heavy atom. The molecule has 0 bridgehead atoms. The lowest BCUT2D eigenvalue weighted by Crippen LogP contribution is -2.50. The molecule has 1 unspecified atom stereocenters. The van der Waals surface area contributed by atoms with Crippen LogP contribution >= 0.6 is 0 Å². The van der Waals surface area contributed by atoms with E-state index in [4.69, 9.17) is 0 Å². The molecule has 1 aliphatic heterocycles. The molecule has 0 aromatic heterocycles. The summed E-state index contributed by atoms with van der Waals surface area (Å²) < 4.78 is 0. The van der Waals surface area contributed by atoms with Crippen molar-refractivity contribution in [1.82, 2.24) is 9.80 Å². The van der Waals surface area contributed by atoms with Crippen LogP contribution in [-0.4, -0.2) is 42.0 Å². The zero-order valence-electron chi connectivity index (χ0n) is 12.2.